The standard InChI is InChI=1S/C19H29NO/c21-18-11-6-12-19(18)13-7-15-20(16-19)14-5-4-10-17-8-2-1-3-9-17/h1-3,8-9,18,21H,4-7,10-16H2/t18-,19-/m1/s1. The first kappa shape index (κ1) is 15.1. The fourth-order valence-corrected chi connectivity index (χ4v) is 4.35. The predicted molar refractivity (Wildman–Crippen MR) is 87.3 cm³/mol. The van der Waals surface area contributed by atoms with Crippen LogP contribution in [0.25, 0.3) is 0 Å². The Hall–Kier alpha value is -0.860. The molecular weight excluding hydrogens is 258 g/mol. The molecule has 2 atom stereocenters. The van der Waals surface area contributed by atoms with Crippen molar-refractivity contribution in [2.24, 2.45) is 5.41 Å². The zero-order chi connectivity index (χ0) is 14.5. The van der Waals surface area contributed by atoms with Gasteiger partial charge in [0.15, 0.2) is 0 Å². The molecule has 1 aliphatic carbocycles. The van der Waals surface area contributed by atoms with Crippen LogP contribution < -0.4 is 0 Å². The van der Waals surface area contributed by atoms with Gasteiger partial charge >= 0.3 is 0 Å². The topological polar surface area (TPSA) is 23.5 Å². The van der Waals surface area contributed by atoms with Gasteiger partial charge in [0.1, 0.15) is 0 Å². The average Bonchev–Trinajstić information content (AvgIpc) is 2.85. The molecule has 3 rings (SSSR count). The summed E-state index contributed by atoms with van der Waals surface area (Å²) < 4.78 is 0. The summed E-state index contributed by atoms with van der Waals surface area (Å²) in [5.74, 6) is 0. The van der Waals surface area contributed by atoms with Crippen molar-refractivity contribution in [3.63, 3.8) is 0 Å². The predicted octanol–water partition coefficient (Wildman–Crippen LogP) is 3.64. The van der Waals surface area contributed by atoms with Crippen molar-refractivity contribution in [1.82, 2.24) is 4.90 Å². The maximum atomic E-state index is 10.3. The summed E-state index contributed by atoms with van der Waals surface area (Å²) >= 11 is 0. The van der Waals surface area contributed by atoms with Crippen molar-refractivity contribution >= 4 is 0 Å². The molecule has 0 radical (unpaired) electrons. The van der Waals surface area contributed by atoms with Gasteiger partial charge in [-0.05, 0) is 63.6 Å². The first-order chi connectivity index (χ1) is 10.3. The number of aliphatic hydroxyl groups is 1. The van der Waals surface area contributed by atoms with Gasteiger partial charge < -0.3 is 10.0 Å². The average molecular weight is 287 g/mol. The van der Waals surface area contributed by atoms with E-state index in [0.717, 1.165) is 13.0 Å². The summed E-state index contributed by atoms with van der Waals surface area (Å²) in [7, 11) is 0. The Morgan fingerprint density at radius 1 is 1.10 bits per heavy atom. The first-order valence-electron chi connectivity index (χ1n) is 8.73. The molecule has 2 nitrogen and oxygen atoms in total. The summed E-state index contributed by atoms with van der Waals surface area (Å²) in [6.45, 7) is 3.58. The fraction of sp³-hybridized carbons (Fsp3) is 0.684. The van der Waals surface area contributed by atoms with Crippen LogP contribution in [0.1, 0.15) is 50.5 Å². The monoisotopic (exact) mass is 287 g/mol. The van der Waals surface area contributed by atoms with E-state index in [9.17, 15) is 5.11 Å². The van der Waals surface area contributed by atoms with E-state index in [2.05, 4.69) is 35.2 Å². The third kappa shape index (κ3) is 3.67. The zero-order valence-corrected chi connectivity index (χ0v) is 13.1. The van der Waals surface area contributed by atoms with Crippen LogP contribution in [-0.4, -0.2) is 35.7 Å². The highest BCUT2D eigenvalue weighted by Gasteiger charge is 2.44. The van der Waals surface area contributed by atoms with Crippen molar-refractivity contribution in [3.05, 3.63) is 35.9 Å². The minimum Gasteiger partial charge on any atom is -0.393 e. The summed E-state index contributed by atoms with van der Waals surface area (Å²) in [4.78, 5) is 2.61. The van der Waals surface area contributed by atoms with E-state index in [-0.39, 0.29) is 11.5 Å². The molecule has 1 aromatic carbocycles. The summed E-state index contributed by atoms with van der Waals surface area (Å²) in [5, 5.41) is 10.3. The minimum atomic E-state index is -0.0374. The molecule has 1 aromatic rings. The van der Waals surface area contributed by atoms with Crippen molar-refractivity contribution in [2.75, 3.05) is 19.6 Å². The lowest BCUT2D eigenvalue weighted by atomic mass is 9.76. The van der Waals surface area contributed by atoms with Gasteiger partial charge in [-0.15, -0.1) is 0 Å². The van der Waals surface area contributed by atoms with Gasteiger partial charge in [-0.1, -0.05) is 36.8 Å². The van der Waals surface area contributed by atoms with Crippen LogP contribution in [0.3, 0.4) is 0 Å². The number of aliphatic hydroxyl groups excluding tert-OH is 1. The molecule has 0 bridgehead atoms. The Morgan fingerprint density at radius 3 is 2.67 bits per heavy atom. The Bertz CT molecular complexity index is 432. The first-order valence-corrected chi connectivity index (χ1v) is 8.73. The second kappa shape index (κ2) is 6.93. The highest BCUT2D eigenvalue weighted by atomic mass is 16.3. The van der Waals surface area contributed by atoms with E-state index in [0.29, 0.717) is 0 Å². The number of rotatable bonds is 5. The third-order valence-electron chi connectivity index (χ3n) is 5.58. The Balaban J connectivity index is 1.41. The quantitative estimate of drug-likeness (QED) is 0.836. The molecule has 116 valence electrons. The third-order valence-corrected chi connectivity index (χ3v) is 5.58. The molecule has 1 spiro atoms. The Morgan fingerprint density at radius 2 is 1.90 bits per heavy atom. The lowest BCUT2D eigenvalue weighted by molar-refractivity contribution is -0.00977. The van der Waals surface area contributed by atoms with Gasteiger partial charge in [0, 0.05) is 12.0 Å². The van der Waals surface area contributed by atoms with E-state index in [1.807, 2.05) is 0 Å². The van der Waals surface area contributed by atoms with E-state index in [1.165, 1.54) is 63.6 Å². The largest absolute Gasteiger partial charge is 0.393 e. The van der Waals surface area contributed by atoms with Crippen molar-refractivity contribution in [3.8, 4) is 0 Å². The van der Waals surface area contributed by atoms with Crippen LogP contribution >= 0.6 is 0 Å². The molecule has 21 heavy (non-hydrogen) atoms. The smallest absolute Gasteiger partial charge is 0.0608 e. The minimum absolute atomic E-state index is 0.0374. The van der Waals surface area contributed by atoms with E-state index >= 15 is 0 Å². The molecule has 0 unspecified atom stereocenters. The summed E-state index contributed by atoms with van der Waals surface area (Å²) in [5.41, 5.74) is 1.70. The van der Waals surface area contributed by atoms with Crippen molar-refractivity contribution in [1.29, 1.82) is 0 Å². The molecule has 1 saturated heterocycles. The summed E-state index contributed by atoms with van der Waals surface area (Å²) in [6, 6.07) is 10.8. The normalized spacial score (nSPS) is 30.0. The Kier molecular flexibility index (Phi) is 4.97. The summed E-state index contributed by atoms with van der Waals surface area (Å²) in [6.07, 6.45) is 9.73. The van der Waals surface area contributed by atoms with Crippen LogP contribution in [0.2, 0.25) is 0 Å². The number of aryl methyl sites for hydroxylation is 1. The molecule has 2 heteroatoms. The van der Waals surface area contributed by atoms with E-state index in [4.69, 9.17) is 0 Å². The molecule has 1 saturated carbocycles. The number of hydrogen-bond acceptors (Lipinski definition) is 2. The van der Waals surface area contributed by atoms with Gasteiger partial charge in [0.25, 0.3) is 0 Å². The molecule has 0 amide bonds. The number of likely N-dealkylation sites (tertiary alicyclic amines) is 1. The second-order valence-corrected chi connectivity index (χ2v) is 7.09. The van der Waals surface area contributed by atoms with Crippen LogP contribution in [0, 0.1) is 5.41 Å². The van der Waals surface area contributed by atoms with Crippen LogP contribution in [-0.2, 0) is 6.42 Å². The molecule has 2 aliphatic rings. The van der Waals surface area contributed by atoms with Crippen LogP contribution in [0.15, 0.2) is 30.3 Å². The molecule has 2 fully saturated rings. The second-order valence-electron chi connectivity index (χ2n) is 7.09. The number of unbranched alkanes of at least 4 members (excludes halogenated alkanes) is 1. The van der Waals surface area contributed by atoms with Crippen molar-refractivity contribution < 1.29 is 5.11 Å². The van der Waals surface area contributed by atoms with Crippen LogP contribution in [0.5, 0.6) is 0 Å². The van der Waals surface area contributed by atoms with Gasteiger partial charge in [0.2, 0.25) is 0 Å². The van der Waals surface area contributed by atoms with Gasteiger partial charge in [0.05, 0.1) is 6.10 Å². The zero-order valence-electron chi connectivity index (χ0n) is 13.1. The highest BCUT2D eigenvalue weighted by molar-refractivity contribution is 5.14. The maximum Gasteiger partial charge on any atom is 0.0608 e. The molecule has 1 N–H and O–H groups in total. The molecule has 1 heterocycles. The number of nitrogens with zero attached hydrogens (tertiary/aromatic N) is 1. The Labute approximate surface area is 129 Å². The van der Waals surface area contributed by atoms with E-state index < -0.39 is 0 Å². The van der Waals surface area contributed by atoms with Gasteiger partial charge in [-0.25, -0.2) is 0 Å². The molecule has 1 aliphatic heterocycles. The molecular formula is C19H29NO. The van der Waals surface area contributed by atoms with Crippen LogP contribution in [0.4, 0.5) is 0 Å². The number of hydrogen-bond donors (Lipinski definition) is 1. The lowest BCUT2D eigenvalue weighted by Crippen LogP contribution is -2.47. The highest BCUT2D eigenvalue weighted by Crippen LogP contribution is 2.44. The van der Waals surface area contributed by atoms with Crippen molar-refractivity contribution in [2.45, 2.75) is 57.5 Å². The number of piperidine rings is 1. The van der Waals surface area contributed by atoms with Gasteiger partial charge in [-0.3, -0.25) is 0 Å². The molecule has 0 aromatic heterocycles. The lowest BCUT2D eigenvalue weighted by Gasteiger charge is -2.42. The maximum absolute atomic E-state index is 10.3. The number of benzene rings is 1. The fourth-order valence-electron chi connectivity index (χ4n) is 4.35. The van der Waals surface area contributed by atoms with Gasteiger partial charge in [-0.2, -0.15) is 0 Å². The van der Waals surface area contributed by atoms with E-state index in [1.54, 1.807) is 0 Å². The SMILES string of the molecule is O[C@@H]1CCC[C@]12CCCN(CCCCc1ccccc1)C2.